The van der Waals surface area contributed by atoms with Crippen LogP contribution in [0.4, 0.5) is 5.69 Å². The molecule has 1 saturated carbocycles. The summed E-state index contributed by atoms with van der Waals surface area (Å²) in [5.74, 6) is 0.0847. The lowest BCUT2D eigenvalue weighted by atomic mass is 9.95. The summed E-state index contributed by atoms with van der Waals surface area (Å²) in [7, 11) is 0. The van der Waals surface area contributed by atoms with E-state index < -0.39 is 0 Å². The summed E-state index contributed by atoms with van der Waals surface area (Å²) in [5, 5.41) is 12.1. The molecule has 0 aromatic heterocycles. The molecule has 1 aliphatic rings. The van der Waals surface area contributed by atoms with Gasteiger partial charge in [0.1, 0.15) is 0 Å². The zero-order chi connectivity index (χ0) is 14.7. The number of carbonyl (C=O) groups excluding carboxylic acids is 1. The monoisotopic (exact) mass is 281 g/mol. The Kier molecular flexibility index (Phi) is 3.76. The van der Waals surface area contributed by atoms with Crippen molar-refractivity contribution in [3.8, 4) is 0 Å². The Balaban J connectivity index is 1.70. The van der Waals surface area contributed by atoms with Crippen LogP contribution in [0, 0.1) is 5.41 Å². The Morgan fingerprint density at radius 3 is 2.43 bits per heavy atom. The number of nitrogens with one attached hydrogen (secondary N) is 1. The molecule has 0 saturated heterocycles. The van der Waals surface area contributed by atoms with Gasteiger partial charge < -0.3 is 10.4 Å². The Bertz CT molecular complexity index is 633. The summed E-state index contributed by atoms with van der Waals surface area (Å²) in [6, 6.07) is 17.5. The predicted molar refractivity (Wildman–Crippen MR) is 82.8 cm³/mol. The van der Waals surface area contributed by atoms with Crippen molar-refractivity contribution in [2.45, 2.75) is 25.9 Å². The van der Waals surface area contributed by atoms with Crippen molar-refractivity contribution in [3.63, 3.8) is 0 Å². The topological polar surface area (TPSA) is 49.3 Å². The molecule has 0 spiro atoms. The van der Waals surface area contributed by atoms with E-state index in [0.717, 1.165) is 30.5 Å². The normalized spacial score (nSPS) is 15.5. The van der Waals surface area contributed by atoms with Gasteiger partial charge in [-0.15, -0.1) is 0 Å². The summed E-state index contributed by atoms with van der Waals surface area (Å²) < 4.78 is 0. The second-order valence-corrected chi connectivity index (χ2v) is 5.76. The average Bonchev–Trinajstić information content (AvgIpc) is 3.29. The molecule has 0 radical (unpaired) electrons. The van der Waals surface area contributed by atoms with Crippen molar-refractivity contribution < 1.29 is 9.90 Å². The van der Waals surface area contributed by atoms with Crippen molar-refractivity contribution in [1.82, 2.24) is 0 Å². The molecule has 0 heterocycles. The minimum Gasteiger partial charge on any atom is -0.392 e. The molecule has 0 unspecified atom stereocenters. The highest BCUT2D eigenvalue weighted by molar-refractivity contribution is 5.97. The number of rotatable bonds is 5. The Hall–Kier alpha value is -2.13. The third-order valence-electron chi connectivity index (χ3n) is 4.09. The third kappa shape index (κ3) is 3.14. The van der Waals surface area contributed by atoms with Gasteiger partial charge in [0.2, 0.25) is 5.91 Å². The zero-order valence-corrected chi connectivity index (χ0v) is 11.9. The number of hydrogen-bond donors (Lipinski definition) is 2. The van der Waals surface area contributed by atoms with E-state index in [2.05, 4.69) is 17.4 Å². The van der Waals surface area contributed by atoms with Gasteiger partial charge in [-0.2, -0.15) is 0 Å². The van der Waals surface area contributed by atoms with Gasteiger partial charge in [-0.1, -0.05) is 42.5 Å². The first kappa shape index (κ1) is 13.8. The van der Waals surface area contributed by atoms with E-state index in [1.165, 1.54) is 5.56 Å². The largest absolute Gasteiger partial charge is 0.392 e. The smallest absolute Gasteiger partial charge is 0.230 e. The van der Waals surface area contributed by atoms with Gasteiger partial charge in [-0.05, 0) is 42.5 Å². The first-order chi connectivity index (χ1) is 10.2. The van der Waals surface area contributed by atoms with E-state index in [-0.39, 0.29) is 17.9 Å². The molecular weight excluding hydrogens is 262 g/mol. The van der Waals surface area contributed by atoms with Crippen LogP contribution >= 0.6 is 0 Å². The van der Waals surface area contributed by atoms with Crippen LogP contribution in [-0.2, 0) is 17.8 Å². The number of hydrogen-bond acceptors (Lipinski definition) is 2. The fraction of sp³-hybridized carbons (Fsp3) is 0.278. The minimum atomic E-state index is -0.253. The summed E-state index contributed by atoms with van der Waals surface area (Å²) in [5.41, 5.74) is 2.51. The van der Waals surface area contributed by atoms with Crippen LogP contribution in [0.5, 0.6) is 0 Å². The molecule has 2 N–H and O–H groups in total. The number of carbonyl (C=O) groups is 1. The van der Waals surface area contributed by atoms with E-state index in [4.69, 9.17) is 5.11 Å². The number of aliphatic hydroxyl groups is 1. The van der Waals surface area contributed by atoms with Crippen LogP contribution in [0.25, 0.3) is 0 Å². The van der Waals surface area contributed by atoms with Crippen LogP contribution in [0.1, 0.15) is 24.0 Å². The second-order valence-electron chi connectivity index (χ2n) is 5.76. The minimum absolute atomic E-state index is 0.0150. The van der Waals surface area contributed by atoms with Crippen molar-refractivity contribution >= 4 is 11.6 Å². The molecule has 0 atom stereocenters. The summed E-state index contributed by atoms with van der Waals surface area (Å²) in [6.45, 7) is -0.0150. The van der Waals surface area contributed by atoms with E-state index in [0.29, 0.717) is 0 Å². The average molecular weight is 281 g/mol. The van der Waals surface area contributed by atoms with Crippen molar-refractivity contribution in [2.24, 2.45) is 5.41 Å². The molecule has 21 heavy (non-hydrogen) atoms. The number of anilines is 1. The number of aliphatic hydroxyl groups excluding tert-OH is 1. The molecule has 3 rings (SSSR count). The summed E-state index contributed by atoms with van der Waals surface area (Å²) in [4.78, 5) is 12.5. The van der Waals surface area contributed by atoms with Crippen LogP contribution in [-0.4, -0.2) is 11.0 Å². The Morgan fingerprint density at radius 2 is 1.76 bits per heavy atom. The molecule has 108 valence electrons. The van der Waals surface area contributed by atoms with E-state index in [9.17, 15) is 4.79 Å². The summed E-state index contributed by atoms with van der Waals surface area (Å²) >= 11 is 0. The Morgan fingerprint density at radius 1 is 1.05 bits per heavy atom. The fourth-order valence-corrected chi connectivity index (χ4v) is 2.63. The van der Waals surface area contributed by atoms with Gasteiger partial charge in [0.25, 0.3) is 0 Å². The first-order valence-electron chi connectivity index (χ1n) is 7.27. The molecule has 2 aromatic rings. The third-order valence-corrected chi connectivity index (χ3v) is 4.09. The van der Waals surface area contributed by atoms with Crippen LogP contribution < -0.4 is 5.32 Å². The van der Waals surface area contributed by atoms with Crippen molar-refractivity contribution in [2.75, 3.05) is 5.32 Å². The summed E-state index contributed by atoms with van der Waals surface area (Å²) in [6.07, 6.45) is 2.67. The van der Waals surface area contributed by atoms with Crippen LogP contribution in [0.2, 0.25) is 0 Å². The molecule has 3 heteroatoms. The lowest BCUT2D eigenvalue weighted by molar-refractivity contribution is -0.121. The molecule has 1 fully saturated rings. The highest BCUT2D eigenvalue weighted by atomic mass is 16.3. The van der Waals surface area contributed by atoms with Crippen molar-refractivity contribution in [1.29, 1.82) is 0 Å². The van der Waals surface area contributed by atoms with Gasteiger partial charge in [0.05, 0.1) is 12.0 Å². The van der Waals surface area contributed by atoms with Gasteiger partial charge in [0, 0.05) is 5.69 Å². The van der Waals surface area contributed by atoms with E-state index in [1.54, 1.807) is 0 Å². The molecule has 0 aliphatic heterocycles. The predicted octanol–water partition coefficient (Wildman–Crippen LogP) is 3.14. The maximum Gasteiger partial charge on any atom is 0.230 e. The first-order valence-corrected chi connectivity index (χ1v) is 7.27. The molecular formula is C18H19NO2. The number of amides is 1. The Labute approximate surface area is 124 Å². The second kappa shape index (κ2) is 5.70. The lowest BCUT2D eigenvalue weighted by Gasteiger charge is -2.15. The van der Waals surface area contributed by atoms with Gasteiger partial charge in [0.15, 0.2) is 0 Å². The lowest BCUT2D eigenvalue weighted by Crippen LogP contribution is -2.26. The molecule has 3 nitrogen and oxygen atoms in total. The van der Waals surface area contributed by atoms with Crippen molar-refractivity contribution in [3.05, 3.63) is 65.7 Å². The number of benzene rings is 2. The SMILES string of the molecule is O=C(Nc1cccc(CO)c1)C1(Cc2ccccc2)CC1. The van der Waals surface area contributed by atoms with Gasteiger partial charge >= 0.3 is 0 Å². The maximum absolute atomic E-state index is 12.5. The van der Waals surface area contributed by atoms with Crippen LogP contribution in [0.15, 0.2) is 54.6 Å². The van der Waals surface area contributed by atoms with Gasteiger partial charge in [-0.25, -0.2) is 0 Å². The molecule has 1 amide bonds. The molecule has 0 bridgehead atoms. The van der Waals surface area contributed by atoms with Gasteiger partial charge in [-0.3, -0.25) is 4.79 Å². The fourth-order valence-electron chi connectivity index (χ4n) is 2.63. The van der Waals surface area contributed by atoms with E-state index >= 15 is 0 Å². The van der Waals surface area contributed by atoms with E-state index in [1.807, 2.05) is 42.5 Å². The highest BCUT2D eigenvalue weighted by Crippen LogP contribution is 2.49. The standard InChI is InChI=1S/C18H19NO2/c20-13-15-7-4-8-16(11-15)19-17(21)18(9-10-18)12-14-5-2-1-3-6-14/h1-8,11,20H,9-10,12-13H2,(H,19,21). The van der Waals surface area contributed by atoms with Crippen LogP contribution in [0.3, 0.4) is 0 Å². The molecule has 1 aliphatic carbocycles. The molecule has 2 aromatic carbocycles. The highest BCUT2D eigenvalue weighted by Gasteiger charge is 2.49. The zero-order valence-electron chi connectivity index (χ0n) is 11.9. The maximum atomic E-state index is 12.5. The quantitative estimate of drug-likeness (QED) is 0.884.